The molecule has 0 heterocycles. The topological polar surface area (TPSA) is 113 Å². The molecule has 0 aliphatic rings. The molecule has 8 heteroatoms. The number of rotatable bonds is 7. The molecular formula is C22H20N3O3PS. The summed E-state index contributed by atoms with van der Waals surface area (Å²) in [5.74, 6) is 0. The summed E-state index contributed by atoms with van der Waals surface area (Å²) in [6.45, 7) is 3.98. The summed E-state index contributed by atoms with van der Waals surface area (Å²) in [5.41, 5.74) is 3.13. The molecule has 30 heavy (non-hydrogen) atoms. The lowest BCUT2D eigenvalue weighted by atomic mass is 10.1. The van der Waals surface area contributed by atoms with Gasteiger partial charge in [-0.25, -0.2) is 13.6 Å². The Balaban J connectivity index is 1.71. The molecule has 1 atom stereocenters. The molecule has 0 spiro atoms. The maximum Gasteiger partial charge on any atom is 0.246 e. The zero-order valence-electron chi connectivity index (χ0n) is 15.9. The number of primary sulfonamides is 1. The number of sulfonamides is 1. The van der Waals surface area contributed by atoms with Crippen molar-refractivity contribution in [3.05, 3.63) is 90.5 Å². The summed E-state index contributed by atoms with van der Waals surface area (Å²) in [7, 11) is -4.02. The van der Waals surface area contributed by atoms with Gasteiger partial charge in [0.1, 0.15) is 0 Å². The molecule has 3 rings (SSSR count). The Kier molecular flexibility index (Phi) is 6.57. The molecule has 0 aliphatic carbocycles. The van der Waals surface area contributed by atoms with Crippen LogP contribution in [0.3, 0.4) is 0 Å². The fourth-order valence-electron chi connectivity index (χ4n) is 2.87. The van der Waals surface area contributed by atoms with E-state index in [1.54, 1.807) is 42.5 Å². The predicted molar refractivity (Wildman–Crippen MR) is 124 cm³/mol. The van der Waals surface area contributed by atoms with E-state index in [0.29, 0.717) is 22.1 Å². The summed E-state index contributed by atoms with van der Waals surface area (Å²) in [5, 5.41) is 16.1. The molecule has 0 saturated heterocycles. The van der Waals surface area contributed by atoms with Crippen LogP contribution in [-0.2, 0) is 10.0 Å². The number of nitrogens with one attached hydrogen (secondary N) is 2. The molecule has 0 fully saturated rings. The van der Waals surface area contributed by atoms with E-state index in [-0.39, 0.29) is 19.1 Å². The summed E-state index contributed by atoms with van der Waals surface area (Å²) in [6.07, 6.45) is 1.25. The minimum absolute atomic E-state index is 0.0479. The number of nitrogens with two attached hydrogens (primary N) is 1. The van der Waals surface area contributed by atoms with Gasteiger partial charge < -0.3 is 10.7 Å². The van der Waals surface area contributed by atoms with E-state index in [4.69, 9.17) is 10.5 Å². The molecule has 0 aliphatic heterocycles. The smallest absolute Gasteiger partial charge is 0.246 e. The first kappa shape index (κ1) is 21.6. The van der Waals surface area contributed by atoms with E-state index < -0.39 is 10.0 Å². The van der Waals surface area contributed by atoms with Crippen LogP contribution in [0.15, 0.2) is 84.3 Å². The van der Waals surface area contributed by atoms with Crippen LogP contribution in [-0.4, -0.2) is 20.3 Å². The zero-order chi connectivity index (χ0) is 21.7. The lowest BCUT2D eigenvalue weighted by molar-refractivity contribution is 0.269. The van der Waals surface area contributed by atoms with Crippen molar-refractivity contribution < 1.29 is 13.2 Å². The molecule has 0 radical (unpaired) electrons. The second kappa shape index (κ2) is 9.13. The van der Waals surface area contributed by atoms with Gasteiger partial charge in [0, 0.05) is 26.0 Å². The lowest BCUT2D eigenvalue weighted by Gasteiger charge is -2.10. The Hall–Kier alpha value is -3.12. The zero-order valence-corrected chi connectivity index (χ0v) is 17.7. The third-order valence-electron chi connectivity index (χ3n) is 4.31. The van der Waals surface area contributed by atoms with Crippen LogP contribution in [0, 0.1) is 5.41 Å². The van der Waals surface area contributed by atoms with E-state index in [0.717, 1.165) is 11.1 Å². The first-order valence-corrected chi connectivity index (χ1v) is 11.4. The summed E-state index contributed by atoms with van der Waals surface area (Å²) < 4.78 is 23.6. The van der Waals surface area contributed by atoms with E-state index in [9.17, 15) is 13.2 Å². The third kappa shape index (κ3) is 5.27. The first-order valence-electron chi connectivity index (χ1n) is 8.88. The molecular weight excluding hydrogens is 417 g/mol. The monoisotopic (exact) mass is 437 g/mol. The fourth-order valence-corrected chi connectivity index (χ4v) is 4.42. The van der Waals surface area contributed by atoms with Gasteiger partial charge in [0.15, 0.2) is 0 Å². The van der Waals surface area contributed by atoms with Gasteiger partial charge >= 0.3 is 0 Å². The number of carbonyl (C=O) groups is 1. The van der Waals surface area contributed by atoms with Crippen molar-refractivity contribution in [2.24, 2.45) is 5.14 Å². The van der Waals surface area contributed by atoms with Gasteiger partial charge in [-0.3, -0.25) is 4.79 Å². The van der Waals surface area contributed by atoms with Crippen LogP contribution in [0.4, 0.5) is 10.5 Å². The summed E-state index contributed by atoms with van der Waals surface area (Å²) in [6, 6.07) is 20.7. The Morgan fingerprint density at radius 1 is 1.03 bits per heavy atom. The predicted octanol–water partition coefficient (Wildman–Crippen LogP) is 4.88. The Morgan fingerprint density at radius 2 is 1.73 bits per heavy atom. The van der Waals surface area contributed by atoms with Crippen LogP contribution in [0.25, 0.3) is 16.4 Å². The van der Waals surface area contributed by atoms with Crippen molar-refractivity contribution in [2.75, 3.05) is 5.32 Å². The van der Waals surface area contributed by atoms with Crippen molar-refractivity contribution >= 4 is 41.5 Å². The van der Waals surface area contributed by atoms with Gasteiger partial charge in [-0.1, -0.05) is 55.1 Å². The van der Waals surface area contributed by atoms with E-state index in [1.807, 2.05) is 24.3 Å². The number of hydrogen-bond acceptors (Lipinski definition) is 4. The van der Waals surface area contributed by atoms with Gasteiger partial charge in [-0.2, -0.15) is 0 Å². The van der Waals surface area contributed by atoms with Crippen LogP contribution >= 0.6 is 8.58 Å². The first-order chi connectivity index (χ1) is 14.3. The normalized spacial score (nSPS) is 11.4. The van der Waals surface area contributed by atoms with Crippen LogP contribution < -0.4 is 10.5 Å². The van der Waals surface area contributed by atoms with Gasteiger partial charge in [0.2, 0.25) is 15.7 Å². The van der Waals surface area contributed by atoms with E-state index >= 15 is 0 Å². The summed E-state index contributed by atoms with van der Waals surface area (Å²) in [4.78, 5) is 12.4. The largest absolute Gasteiger partial charge is 0.322 e. The third-order valence-corrected chi connectivity index (χ3v) is 6.23. The number of amides is 1. The van der Waals surface area contributed by atoms with Crippen molar-refractivity contribution in [2.45, 2.75) is 4.90 Å². The van der Waals surface area contributed by atoms with Crippen molar-refractivity contribution in [3.8, 4) is 11.1 Å². The molecule has 3 aromatic rings. The lowest BCUT2D eigenvalue weighted by Crippen LogP contribution is -2.13. The Labute approximate surface area is 177 Å². The molecule has 0 saturated carbocycles. The molecule has 4 N–H and O–H groups in total. The van der Waals surface area contributed by atoms with E-state index in [1.165, 1.54) is 12.3 Å². The van der Waals surface area contributed by atoms with E-state index in [2.05, 4.69) is 11.9 Å². The van der Waals surface area contributed by atoms with Crippen molar-refractivity contribution in [1.82, 2.24) is 0 Å². The molecule has 6 nitrogen and oxygen atoms in total. The van der Waals surface area contributed by atoms with Gasteiger partial charge in [-0.15, -0.1) is 0 Å². The fraction of sp³-hybridized carbons (Fsp3) is 0. The second-order valence-corrected chi connectivity index (χ2v) is 9.28. The maximum absolute atomic E-state index is 12.4. The molecule has 3 aromatic carbocycles. The Bertz CT molecular complexity index is 1220. The van der Waals surface area contributed by atoms with Gasteiger partial charge in [0.25, 0.3) is 0 Å². The number of carbonyl (C=O) groups excluding carboxylic acids is 1. The van der Waals surface area contributed by atoms with Crippen LogP contribution in [0.1, 0.15) is 11.1 Å². The SMILES string of the molecule is C=C(PC(=O)Nc1ccc(-c2ccccc2S(N)(=O)=O)cc1)c1cccc(C=N)c1. The average molecular weight is 437 g/mol. The Morgan fingerprint density at radius 3 is 2.40 bits per heavy atom. The maximum atomic E-state index is 12.4. The molecule has 0 aromatic heterocycles. The highest BCUT2D eigenvalue weighted by molar-refractivity contribution is 7.89. The molecule has 0 bridgehead atoms. The highest BCUT2D eigenvalue weighted by atomic mass is 32.2. The minimum atomic E-state index is -3.85. The van der Waals surface area contributed by atoms with Crippen molar-refractivity contribution in [1.29, 1.82) is 5.41 Å². The van der Waals surface area contributed by atoms with Crippen LogP contribution in [0.5, 0.6) is 0 Å². The summed E-state index contributed by atoms with van der Waals surface area (Å²) >= 11 is 0. The average Bonchev–Trinajstić information content (AvgIpc) is 2.73. The van der Waals surface area contributed by atoms with Gasteiger partial charge in [-0.05, 0) is 46.3 Å². The van der Waals surface area contributed by atoms with Gasteiger partial charge in [0.05, 0.1) is 4.90 Å². The standard InChI is InChI=1S/C22H20N3O3PS/c1-15(18-6-4-5-16(13-18)14-23)29-22(26)25-19-11-9-17(10-12-19)20-7-2-3-8-21(20)30(24,27)28/h2-14,23,29H,1H2,(H,25,26)(H2,24,27,28). The quantitative estimate of drug-likeness (QED) is 0.362. The highest BCUT2D eigenvalue weighted by Gasteiger charge is 2.14. The van der Waals surface area contributed by atoms with Crippen LogP contribution in [0.2, 0.25) is 0 Å². The number of anilines is 1. The molecule has 1 unspecified atom stereocenters. The molecule has 152 valence electrons. The minimum Gasteiger partial charge on any atom is -0.322 e. The highest BCUT2D eigenvalue weighted by Crippen LogP contribution is 2.34. The van der Waals surface area contributed by atoms with Crippen molar-refractivity contribution in [3.63, 3.8) is 0 Å². The molecule has 1 amide bonds. The second-order valence-electron chi connectivity index (χ2n) is 6.45. The number of benzene rings is 3. The number of hydrogen-bond donors (Lipinski definition) is 3.